The molecule has 0 radical (unpaired) electrons. The van der Waals surface area contributed by atoms with Crippen molar-refractivity contribution in [1.82, 2.24) is 4.98 Å². The van der Waals surface area contributed by atoms with Crippen molar-refractivity contribution in [3.63, 3.8) is 0 Å². The molecule has 0 fully saturated rings. The summed E-state index contributed by atoms with van der Waals surface area (Å²) in [5, 5.41) is 9.33. The molecule has 2 rings (SSSR count). The van der Waals surface area contributed by atoms with Crippen molar-refractivity contribution in [2.24, 2.45) is 0 Å². The van der Waals surface area contributed by atoms with Gasteiger partial charge in [-0.1, -0.05) is 20.8 Å². The van der Waals surface area contributed by atoms with Gasteiger partial charge in [-0.15, -0.1) is 0 Å². The predicted molar refractivity (Wildman–Crippen MR) is 107 cm³/mol. The van der Waals surface area contributed by atoms with Gasteiger partial charge in [0.1, 0.15) is 23.8 Å². The van der Waals surface area contributed by atoms with Crippen LogP contribution in [0.3, 0.4) is 0 Å². The van der Waals surface area contributed by atoms with E-state index in [1.165, 1.54) is 0 Å². The van der Waals surface area contributed by atoms with E-state index in [1.807, 2.05) is 32.9 Å². The van der Waals surface area contributed by atoms with Gasteiger partial charge in [0.05, 0.1) is 0 Å². The van der Waals surface area contributed by atoms with Crippen LogP contribution < -0.4 is 4.74 Å². The Hall–Kier alpha value is -2.34. The Labute approximate surface area is 166 Å². The maximum absolute atomic E-state index is 11.4. The summed E-state index contributed by atoms with van der Waals surface area (Å²) in [7, 11) is 0. The van der Waals surface area contributed by atoms with E-state index >= 15 is 0 Å². The summed E-state index contributed by atoms with van der Waals surface area (Å²) in [4.78, 5) is 15.9. The lowest BCUT2D eigenvalue weighted by molar-refractivity contribution is -0.149. The standard InChI is InChI=1S/C22H31NO5/c1-8-26-19(20(24)25)11-17-13(2)9-16(10-14(17)3)27-12-18-15(4)28-21(23-18)22(5,6)7/h9-10,19H,8,11-12H2,1-7H3,(H,24,25). The van der Waals surface area contributed by atoms with E-state index < -0.39 is 12.1 Å². The fourth-order valence-electron chi connectivity index (χ4n) is 3.00. The number of carboxylic acid groups (broad SMARTS) is 1. The number of benzene rings is 1. The fraction of sp³-hybridized carbons (Fsp3) is 0.545. The summed E-state index contributed by atoms with van der Waals surface area (Å²) in [6.45, 7) is 14.5. The van der Waals surface area contributed by atoms with Gasteiger partial charge in [-0.25, -0.2) is 9.78 Å². The molecule has 1 heterocycles. The minimum atomic E-state index is -0.947. The first-order chi connectivity index (χ1) is 13.0. The van der Waals surface area contributed by atoms with Crippen molar-refractivity contribution < 1.29 is 23.8 Å². The quantitative estimate of drug-likeness (QED) is 0.715. The van der Waals surface area contributed by atoms with Crippen molar-refractivity contribution in [1.29, 1.82) is 0 Å². The van der Waals surface area contributed by atoms with E-state index in [-0.39, 0.29) is 5.41 Å². The van der Waals surface area contributed by atoms with Crippen LogP contribution in [0.25, 0.3) is 0 Å². The van der Waals surface area contributed by atoms with E-state index in [0.717, 1.165) is 33.9 Å². The summed E-state index contributed by atoms with van der Waals surface area (Å²) >= 11 is 0. The second-order valence-corrected chi connectivity index (χ2v) is 8.08. The first-order valence-corrected chi connectivity index (χ1v) is 9.57. The number of carbonyl (C=O) groups is 1. The lowest BCUT2D eigenvalue weighted by Gasteiger charge is -2.17. The summed E-state index contributed by atoms with van der Waals surface area (Å²) in [6.07, 6.45) is -0.513. The van der Waals surface area contributed by atoms with E-state index in [2.05, 4.69) is 25.8 Å². The summed E-state index contributed by atoms with van der Waals surface area (Å²) < 4.78 is 17.1. The molecule has 1 aromatic heterocycles. The number of hydrogen-bond acceptors (Lipinski definition) is 5. The van der Waals surface area contributed by atoms with Crippen LogP contribution in [0.1, 0.15) is 61.7 Å². The zero-order valence-electron chi connectivity index (χ0n) is 17.9. The molecule has 1 atom stereocenters. The van der Waals surface area contributed by atoms with Crippen LogP contribution in [0.15, 0.2) is 16.5 Å². The van der Waals surface area contributed by atoms with Gasteiger partial charge in [-0.2, -0.15) is 0 Å². The number of oxazole rings is 1. The highest BCUT2D eigenvalue weighted by molar-refractivity contribution is 5.73. The lowest BCUT2D eigenvalue weighted by Crippen LogP contribution is -2.27. The molecule has 6 nitrogen and oxygen atoms in total. The Morgan fingerprint density at radius 2 is 1.82 bits per heavy atom. The van der Waals surface area contributed by atoms with E-state index in [9.17, 15) is 9.90 Å². The Bertz CT molecular complexity index is 809. The number of carboxylic acids is 1. The average molecular weight is 389 g/mol. The molecule has 0 amide bonds. The maximum Gasteiger partial charge on any atom is 0.333 e. The van der Waals surface area contributed by atoms with E-state index in [1.54, 1.807) is 6.92 Å². The van der Waals surface area contributed by atoms with Crippen molar-refractivity contribution >= 4 is 5.97 Å². The van der Waals surface area contributed by atoms with Crippen molar-refractivity contribution in [3.05, 3.63) is 46.2 Å². The summed E-state index contributed by atoms with van der Waals surface area (Å²) in [5.41, 5.74) is 3.56. The van der Waals surface area contributed by atoms with Crippen LogP contribution in [0.4, 0.5) is 0 Å². The van der Waals surface area contributed by atoms with Gasteiger partial charge in [0.15, 0.2) is 12.0 Å². The molecule has 1 aromatic carbocycles. The van der Waals surface area contributed by atoms with Gasteiger partial charge in [0.2, 0.25) is 0 Å². The molecule has 0 saturated heterocycles. The van der Waals surface area contributed by atoms with Crippen LogP contribution in [0, 0.1) is 20.8 Å². The summed E-state index contributed by atoms with van der Waals surface area (Å²) in [6, 6.07) is 3.85. The highest BCUT2D eigenvalue weighted by Gasteiger charge is 2.23. The number of hydrogen-bond donors (Lipinski definition) is 1. The molecule has 154 valence electrons. The van der Waals surface area contributed by atoms with Gasteiger partial charge >= 0.3 is 5.97 Å². The van der Waals surface area contributed by atoms with Gasteiger partial charge in [-0.05, 0) is 56.5 Å². The Morgan fingerprint density at radius 3 is 2.29 bits per heavy atom. The van der Waals surface area contributed by atoms with Crippen LogP contribution >= 0.6 is 0 Å². The minimum absolute atomic E-state index is 0.154. The molecule has 1 N–H and O–H groups in total. The number of ether oxygens (including phenoxy) is 2. The van der Waals surface area contributed by atoms with E-state index in [0.29, 0.717) is 25.5 Å². The smallest absolute Gasteiger partial charge is 0.333 e. The fourth-order valence-corrected chi connectivity index (χ4v) is 3.00. The lowest BCUT2D eigenvalue weighted by atomic mass is 9.97. The molecule has 0 saturated carbocycles. The van der Waals surface area contributed by atoms with Crippen molar-refractivity contribution in [2.75, 3.05) is 6.61 Å². The van der Waals surface area contributed by atoms with Gasteiger partial charge in [-0.3, -0.25) is 0 Å². The van der Waals surface area contributed by atoms with Crippen molar-refractivity contribution in [3.8, 4) is 5.75 Å². The Morgan fingerprint density at radius 1 is 1.21 bits per heavy atom. The normalized spacial score (nSPS) is 12.8. The molecule has 2 aromatic rings. The van der Waals surface area contributed by atoms with Gasteiger partial charge < -0.3 is 19.0 Å². The molecule has 6 heteroatoms. The third-order valence-electron chi connectivity index (χ3n) is 4.61. The zero-order chi connectivity index (χ0) is 21.1. The van der Waals surface area contributed by atoms with Crippen LogP contribution in [0.2, 0.25) is 0 Å². The monoisotopic (exact) mass is 389 g/mol. The highest BCUT2D eigenvalue weighted by Crippen LogP contribution is 2.27. The zero-order valence-corrected chi connectivity index (χ0v) is 17.9. The third-order valence-corrected chi connectivity index (χ3v) is 4.61. The first kappa shape index (κ1) is 22.0. The van der Waals surface area contributed by atoms with E-state index in [4.69, 9.17) is 13.9 Å². The van der Waals surface area contributed by atoms with Crippen molar-refractivity contribution in [2.45, 2.75) is 73.0 Å². The molecular weight excluding hydrogens is 358 g/mol. The number of aliphatic carboxylic acids is 1. The first-order valence-electron chi connectivity index (χ1n) is 9.57. The second-order valence-electron chi connectivity index (χ2n) is 8.08. The molecule has 0 bridgehead atoms. The number of nitrogens with zero attached hydrogens (tertiary/aromatic N) is 1. The second kappa shape index (κ2) is 8.78. The molecule has 28 heavy (non-hydrogen) atoms. The molecular formula is C22H31NO5. The Balaban J connectivity index is 2.14. The SMILES string of the molecule is CCOC(Cc1c(C)cc(OCc2nc(C(C)(C)C)oc2C)cc1C)C(=O)O. The van der Waals surface area contributed by atoms with Gasteiger partial charge in [0, 0.05) is 18.4 Å². The minimum Gasteiger partial charge on any atom is -0.487 e. The Kier molecular flexibility index (Phi) is 6.88. The topological polar surface area (TPSA) is 81.8 Å². The number of rotatable bonds is 8. The highest BCUT2D eigenvalue weighted by atomic mass is 16.5. The number of aryl methyl sites for hydroxylation is 3. The maximum atomic E-state index is 11.4. The van der Waals surface area contributed by atoms with Crippen LogP contribution in [0.5, 0.6) is 5.75 Å². The average Bonchev–Trinajstić information content (AvgIpc) is 2.96. The molecule has 0 aliphatic carbocycles. The predicted octanol–water partition coefficient (Wildman–Crippen LogP) is 4.51. The third kappa shape index (κ3) is 5.35. The molecule has 0 aliphatic rings. The molecule has 1 unspecified atom stereocenters. The van der Waals surface area contributed by atoms with Crippen LogP contribution in [-0.2, 0) is 28.0 Å². The van der Waals surface area contributed by atoms with Crippen LogP contribution in [-0.4, -0.2) is 28.8 Å². The summed E-state index contributed by atoms with van der Waals surface area (Å²) in [5.74, 6) is 1.23. The largest absolute Gasteiger partial charge is 0.487 e. The molecule has 0 spiro atoms. The number of aromatic nitrogens is 1. The van der Waals surface area contributed by atoms with Gasteiger partial charge in [0.25, 0.3) is 0 Å². The molecule has 0 aliphatic heterocycles.